The molecule has 1 atom stereocenters. The van der Waals surface area contributed by atoms with Crippen LogP contribution in [0.25, 0.3) is 0 Å². The Morgan fingerprint density at radius 2 is 2.00 bits per heavy atom. The minimum Gasteiger partial charge on any atom is -0.468 e. The molecule has 0 aliphatic carbocycles. The van der Waals surface area contributed by atoms with E-state index in [0.29, 0.717) is 6.42 Å². The predicted octanol–water partition coefficient (Wildman–Crippen LogP) is 1.22. The first-order valence-corrected chi connectivity index (χ1v) is 6.88. The summed E-state index contributed by atoms with van der Waals surface area (Å²) in [5.41, 5.74) is 7.50. The summed E-state index contributed by atoms with van der Waals surface area (Å²) in [6.45, 7) is 4.37. The number of carbonyl (C=O) groups excluding carboxylic acids is 1. The molecule has 20 heavy (non-hydrogen) atoms. The highest BCUT2D eigenvalue weighted by Gasteiger charge is 2.30. The van der Waals surface area contributed by atoms with Crippen LogP contribution in [0.5, 0.6) is 0 Å². The first-order chi connectivity index (χ1) is 9.45. The monoisotopic (exact) mass is 277 g/mol. The number of likely N-dealkylation sites (N-methyl/N-ethyl adjacent to an activating group) is 1. The Bertz CT molecular complexity index is 488. The van der Waals surface area contributed by atoms with Crippen molar-refractivity contribution in [3.05, 3.63) is 24.3 Å². The van der Waals surface area contributed by atoms with Crippen LogP contribution < -0.4 is 15.5 Å². The highest BCUT2D eigenvalue weighted by molar-refractivity contribution is 5.80. The van der Waals surface area contributed by atoms with Crippen LogP contribution in [0.1, 0.15) is 13.3 Å². The molecular weight excluding hydrogens is 254 g/mol. The van der Waals surface area contributed by atoms with E-state index in [1.807, 2.05) is 12.1 Å². The first kappa shape index (κ1) is 14.7. The van der Waals surface area contributed by atoms with Gasteiger partial charge in [-0.15, -0.1) is 0 Å². The number of hydrogen-bond acceptors (Lipinski definition) is 5. The first-order valence-electron chi connectivity index (χ1n) is 6.88. The summed E-state index contributed by atoms with van der Waals surface area (Å²) in [5.74, 6) is -0.361. The molecule has 0 amide bonds. The summed E-state index contributed by atoms with van der Waals surface area (Å²) in [7, 11) is 3.47. The summed E-state index contributed by atoms with van der Waals surface area (Å²) in [4.78, 5) is 16.2. The fourth-order valence-corrected chi connectivity index (χ4v) is 2.50. The normalized spacial score (nSPS) is 17.4. The van der Waals surface area contributed by atoms with Crippen LogP contribution in [0.3, 0.4) is 0 Å². The number of nitrogens with zero attached hydrogens (tertiary/aromatic N) is 2. The van der Waals surface area contributed by atoms with Crippen molar-refractivity contribution in [1.82, 2.24) is 0 Å². The quantitative estimate of drug-likeness (QED) is 0.839. The average Bonchev–Trinajstić information content (AvgIpc) is 2.46. The molecule has 5 nitrogen and oxygen atoms in total. The molecule has 1 aliphatic rings. The number of hydrogen-bond donors (Lipinski definition) is 1. The van der Waals surface area contributed by atoms with Crippen molar-refractivity contribution in [3.63, 3.8) is 0 Å². The van der Waals surface area contributed by atoms with E-state index in [1.54, 1.807) is 6.92 Å². The number of methoxy groups -OCH3 is 1. The Kier molecular flexibility index (Phi) is 4.18. The van der Waals surface area contributed by atoms with Crippen molar-refractivity contribution in [2.24, 2.45) is 5.73 Å². The van der Waals surface area contributed by atoms with E-state index in [-0.39, 0.29) is 5.97 Å². The second-order valence-corrected chi connectivity index (χ2v) is 5.56. The molecule has 0 saturated carbocycles. The van der Waals surface area contributed by atoms with Gasteiger partial charge in [-0.3, -0.25) is 4.79 Å². The number of nitrogens with two attached hydrogens (primary N) is 1. The summed E-state index contributed by atoms with van der Waals surface area (Å²) in [5, 5.41) is 0. The van der Waals surface area contributed by atoms with E-state index in [0.717, 1.165) is 19.6 Å². The molecule has 5 heteroatoms. The van der Waals surface area contributed by atoms with E-state index >= 15 is 0 Å². The van der Waals surface area contributed by atoms with Crippen molar-refractivity contribution in [2.45, 2.75) is 18.9 Å². The van der Waals surface area contributed by atoms with Crippen LogP contribution in [0, 0.1) is 0 Å². The van der Waals surface area contributed by atoms with Crippen LogP contribution in [-0.2, 0) is 9.53 Å². The van der Waals surface area contributed by atoms with Gasteiger partial charge in [0.1, 0.15) is 5.54 Å². The molecule has 0 aromatic heterocycles. The number of fused-ring (bicyclic) bond motifs is 1. The van der Waals surface area contributed by atoms with Crippen LogP contribution in [0.2, 0.25) is 0 Å². The van der Waals surface area contributed by atoms with Gasteiger partial charge >= 0.3 is 5.97 Å². The summed E-state index contributed by atoms with van der Waals surface area (Å²) in [6.07, 6.45) is 0.567. The highest BCUT2D eigenvalue weighted by Crippen LogP contribution is 2.32. The van der Waals surface area contributed by atoms with E-state index in [4.69, 9.17) is 10.5 Å². The lowest BCUT2D eigenvalue weighted by atomic mass is 9.99. The third-order valence-corrected chi connectivity index (χ3v) is 3.89. The van der Waals surface area contributed by atoms with Crippen molar-refractivity contribution < 1.29 is 9.53 Å². The maximum Gasteiger partial charge on any atom is 0.325 e. The number of rotatable bonds is 4. The Labute approximate surface area is 120 Å². The maximum absolute atomic E-state index is 11.6. The lowest BCUT2D eigenvalue weighted by Gasteiger charge is -2.38. The summed E-state index contributed by atoms with van der Waals surface area (Å²) >= 11 is 0. The van der Waals surface area contributed by atoms with Crippen molar-refractivity contribution in [1.29, 1.82) is 0 Å². The molecule has 0 radical (unpaired) electrons. The van der Waals surface area contributed by atoms with Gasteiger partial charge in [-0.25, -0.2) is 0 Å². The van der Waals surface area contributed by atoms with E-state index < -0.39 is 5.54 Å². The van der Waals surface area contributed by atoms with Gasteiger partial charge < -0.3 is 20.3 Å². The average molecular weight is 277 g/mol. The van der Waals surface area contributed by atoms with Crippen molar-refractivity contribution in [3.8, 4) is 0 Å². The Morgan fingerprint density at radius 3 is 2.65 bits per heavy atom. The van der Waals surface area contributed by atoms with Crippen LogP contribution in [0.4, 0.5) is 11.4 Å². The van der Waals surface area contributed by atoms with Crippen LogP contribution in [-0.4, -0.2) is 45.3 Å². The summed E-state index contributed by atoms with van der Waals surface area (Å²) in [6, 6.07) is 8.30. The van der Waals surface area contributed by atoms with Gasteiger partial charge in [-0.05, 0) is 25.5 Å². The minimum atomic E-state index is -0.937. The van der Waals surface area contributed by atoms with Gasteiger partial charge in [0.15, 0.2) is 0 Å². The van der Waals surface area contributed by atoms with E-state index in [2.05, 4.69) is 29.0 Å². The minimum absolute atomic E-state index is 0.361. The molecule has 2 N–H and O–H groups in total. The van der Waals surface area contributed by atoms with Gasteiger partial charge in [0, 0.05) is 26.7 Å². The molecule has 1 heterocycles. The van der Waals surface area contributed by atoms with Gasteiger partial charge in [-0.2, -0.15) is 0 Å². The molecule has 110 valence electrons. The SMILES string of the molecule is COC(=O)C(C)(N)CCN1CCN(C)c2ccccc21. The molecule has 0 fully saturated rings. The summed E-state index contributed by atoms with van der Waals surface area (Å²) < 4.78 is 4.75. The Balaban J connectivity index is 2.08. The standard InChI is InChI=1S/C15H23N3O2/c1-15(16,14(19)20-3)8-9-18-11-10-17(2)12-6-4-5-7-13(12)18/h4-7H,8-11,16H2,1-3H3. The van der Waals surface area contributed by atoms with E-state index in [1.165, 1.54) is 18.5 Å². The largest absolute Gasteiger partial charge is 0.468 e. The molecule has 1 unspecified atom stereocenters. The zero-order valence-electron chi connectivity index (χ0n) is 12.4. The van der Waals surface area contributed by atoms with Crippen LogP contribution >= 0.6 is 0 Å². The van der Waals surface area contributed by atoms with Gasteiger partial charge in [0.2, 0.25) is 0 Å². The zero-order valence-corrected chi connectivity index (χ0v) is 12.4. The molecule has 0 saturated heterocycles. The fraction of sp³-hybridized carbons (Fsp3) is 0.533. The third-order valence-electron chi connectivity index (χ3n) is 3.89. The van der Waals surface area contributed by atoms with Crippen molar-refractivity contribution >= 4 is 17.3 Å². The number of esters is 1. The smallest absolute Gasteiger partial charge is 0.325 e. The number of ether oxygens (including phenoxy) is 1. The molecule has 1 aliphatic heterocycles. The molecule has 0 bridgehead atoms. The molecular formula is C15H23N3O2. The highest BCUT2D eigenvalue weighted by atomic mass is 16.5. The van der Waals surface area contributed by atoms with E-state index in [9.17, 15) is 4.79 Å². The molecule has 1 aromatic carbocycles. The lowest BCUT2D eigenvalue weighted by Crippen LogP contribution is -2.49. The Hall–Kier alpha value is -1.75. The van der Waals surface area contributed by atoms with Crippen molar-refractivity contribution in [2.75, 3.05) is 43.6 Å². The van der Waals surface area contributed by atoms with Gasteiger partial charge in [-0.1, -0.05) is 12.1 Å². The Morgan fingerprint density at radius 1 is 1.35 bits per heavy atom. The molecule has 0 spiro atoms. The lowest BCUT2D eigenvalue weighted by molar-refractivity contribution is -0.146. The second-order valence-electron chi connectivity index (χ2n) is 5.56. The van der Waals surface area contributed by atoms with Gasteiger partial charge in [0.25, 0.3) is 0 Å². The topological polar surface area (TPSA) is 58.8 Å². The molecule has 1 aromatic rings. The third kappa shape index (κ3) is 2.88. The number of benzene rings is 1. The maximum atomic E-state index is 11.6. The number of para-hydroxylation sites is 2. The van der Waals surface area contributed by atoms with Crippen LogP contribution in [0.15, 0.2) is 24.3 Å². The second kappa shape index (κ2) is 5.71. The van der Waals surface area contributed by atoms with Gasteiger partial charge in [0.05, 0.1) is 18.5 Å². The zero-order chi connectivity index (χ0) is 14.8. The predicted molar refractivity (Wildman–Crippen MR) is 81.2 cm³/mol. The molecule has 2 rings (SSSR count). The number of anilines is 2. The fourth-order valence-electron chi connectivity index (χ4n) is 2.50. The number of carbonyl (C=O) groups is 1.